The fourth-order valence-electron chi connectivity index (χ4n) is 5.77. The molecule has 4 rings (SSSR count). The number of rotatable bonds is 6. The zero-order valence-corrected chi connectivity index (χ0v) is 18.3. The van der Waals surface area contributed by atoms with E-state index in [4.69, 9.17) is 4.74 Å². The molecule has 0 bridgehead atoms. The first-order chi connectivity index (χ1) is 13.7. The molecule has 1 heterocycles. The average Bonchev–Trinajstić information content (AvgIpc) is 3.17. The topological polar surface area (TPSA) is 9.23 Å². The molecule has 0 spiro atoms. The molecule has 1 aromatic heterocycles. The van der Waals surface area contributed by atoms with Gasteiger partial charge < -0.3 is 4.74 Å². The van der Waals surface area contributed by atoms with Gasteiger partial charge in [-0.1, -0.05) is 32.6 Å². The highest BCUT2D eigenvalue weighted by Gasteiger charge is 2.31. The number of fused-ring (bicyclic) bond motifs is 1. The highest BCUT2D eigenvalue weighted by molar-refractivity contribution is 7.19. The van der Waals surface area contributed by atoms with Gasteiger partial charge in [-0.05, 0) is 92.7 Å². The maximum atomic E-state index is 14.7. The quantitative estimate of drug-likeness (QED) is 0.472. The second kappa shape index (κ2) is 9.15. The van der Waals surface area contributed by atoms with E-state index in [0.717, 1.165) is 27.8 Å². The third kappa shape index (κ3) is 4.25. The summed E-state index contributed by atoms with van der Waals surface area (Å²) >= 11 is 1.66. The van der Waals surface area contributed by atoms with Gasteiger partial charge in [0.25, 0.3) is 0 Å². The first-order valence-electron chi connectivity index (χ1n) is 11.5. The Morgan fingerprint density at radius 1 is 0.964 bits per heavy atom. The lowest BCUT2D eigenvalue weighted by Crippen LogP contribution is -2.25. The van der Waals surface area contributed by atoms with Gasteiger partial charge in [0.2, 0.25) is 0 Å². The maximum absolute atomic E-state index is 14.7. The van der Waals surface area contributed by atoms with E-state index in [2.05, 4.69) is 13.0 Å². The van der Waals surface area contributed by atoms with Gasteiger partial charge in [-0.3, -0.25) is 0 Å². The van der Waals surface area contributed by atoms with Crippen LogP contribution in [-0.4, -0.2) is 6.61 Å². The van der Waals surface area contributed by atoms with Crippen LogP contribution in [0.1, 0.15) is 88.9 Å². The van der Waals surface area contributed by atoms with Crippen LogP contribution in [0.4, 0.5) is 4.39 Å². The van der Waals surface area contributed by atoms with Crippen molar-refractivity contribution in [3.63, 3.8) is 0 Å². The molecule has 2 fully saturated rings. The van der Waals surface area contributed by atoms with Gasteiger partial charge in [0, 0.05) is 4.88 Å². The number of benzene rings is 1. The minimum absolute atomic E-state index is 0.173. The molecular formula is C25H35FOS. The van der Waals surface area contributed by atoms with Crippen LogP contribution in [0.3, 0.4) is 0 Å². The summed E-state index contributed by atoms with van der Waals surface area (Å²) in [6, 6.07) is 6.03. The van der Waals surface area contributed by atoms with Crippen LogP contribution in [0.2, 0.25) is 0 Å². The molecule has 0 radical (unpaired) electrons. The van der Waals surface area contributed by atoms with Gasteiger partial charge in [0.05, 0.1) is 11.3 Å². The summed E-state index contributed by atoms with van der Waals surface area (Å²) in [7, 11) is 0. The molecule has 0 aliphatic heterocycles. The molecule has 2 saturated carbocycles. The van der Waals surface area contributed by atoms with Crippen molar-refractivity contribution in [1.82, 2.24) is 0 Å². The molecule has 2 aromatic rings. The van der Waals surface area contributed by atoms with E-state index >= 15 is 0 Å². The zero-order valence-electron chi connectivity index (χ0n) is 17.5. The van der Waals surface area contributed by atoms with E-state index < -0.39 is 0 Å². The van der Waals surface area contributed by atoms with Crippen molar-refractivity contribution in [1.29, 1.82) is 0 Å². The Bertz CT molecular complexity index is 766. The van der Waals surface area contributed by atoms with Crippen molar-refractivity contribution < 1.29 is 9.13 Å². The molecule has 1 aromatic carbocycles. The van der Waals surface area contributed by atoms with E-state index in [0.29, 0.717) is 18.3 Å². The first-order valence-corrected chi connectivity index (χ1v) is 12.4. The van der Waals surface area contributed by atoms with E-state index in [1.54, 1.807) is 17.4 Å². The van der Waals surface area contributed by atoms with Gasteiger partial charge in [0.15, 0.2) is 11.6 Å². The van der Waals surface area contributed by atoms with Crippen molar-refractivity contribution in [3.05, 3.63) is 28.9 Å². The minimum atomic E-state index is -0.173. The second-order valence-corrected chi connectivity index (χ2v) is 10.1. The molecule has 0 amide bonds. The molecule has 0 N–H and O–H groups in total. The van der Waals surface area contributed by atoms with Crippen molar-refractivity contribution in [2.75, 3.05) is 6.61 Å². The Kier molecular flexibility index (Phi) is 6.60. The number of halogens is 1. The summed E-state index contributed by atoms with van der Waals surface area (Å²) in [5.41, 5.74) is 0. The Labute approximate surface area is 173 Å². The van der Waals surface area contributed by atoms with Crippen molar-refractivity contribution in [2.45, 2.75) is 84.0 Å². The third-order valence-corrected chi connectivity index (χ3v) is 8.64. The third-order valence-electron chi connectivity index (χ3n) is 7.34. The maximum Gasteiger partial charge on any atom is 0.182 e. The molecule has 154 valence electrons. The van der Waals surface area contributed by atoms with Crippen LogP contribution in [0.5, 0.6) is 5.75 Å². The van der Waals surface area contributed by atoms with Crippen LogP contribution >= 0.6 is 11.3 Å². The summed E-state index contributed by atoms with van der Waals surface area (Å²) in [4.78, 5) is 1.38. The van der Waals surface area contributed by atoms with E-state index in [-0.39, 0.29) is 5.82 Å². The Balaban J connectivity index is 1.37. The van der Waals surface area contributed by atoms with E-state index in [1.807, 2.05) is 13.0 Å². The monoisotopic (exact) mass is 402 g/mol. The summed E-state index contributed by atoms with van der Waals surface area (Å²) in [6.45, 7) is 4.73. The van der Waals surface area contributed by atoms with Crippen LogP contribution in [0.15, 0.2) is 18.2 Å². The van der Waals surface area contributed by atoms with Crippen molar-refractivity contribution >= 4 is 21.4 Å². The van der Waals surface area contributed by atoms with Gasteiger partial charge in [0.1, 0.15) is 0 Å². The number of ether oxygens (including phenoxy) is 1. The van der Waals surface area contributed by atoms with Crippen molar-refractivity contribution in [3.8, 4) is 5.75 Å². The summed E-state index contributed by atoms with van der Waals surface area (Å²) in [5.74, 6) is 3.77. The van der Waals surface area contributed by atoms with Crippen LogP contribution in [0, 0.1) is 23.6 Å². The lowest BCUT2D eigenvalue weighted by Gasteiger charge is -2.37. The molecule has 2 aliphatic rings. The van der Waals surface area contributed by atoms with Crippen LogP contribution in [-0.2, 0) is 0 Å². The molecule has 2 aliphatic carbocycles. The summed E-state index contributed by atoms with van der Waals surface area (Å²) in [5, 5.41) is 1.04. The van der Waals surface area contributed by atoms with Gasteiger partial charge in [-0.15, -0.1) is 11.3 Å². The van der Waals surface area contributed by atoms with E-state index in [1.165, 1.54) is 69.1 Å². The number of hydrogen-bond donors (Lipinski definition) is 0. The second-order valence-electron chi connectivity index (χ2n) is 9.06. The SMILES string of the molecule is CCCC1CCC(C2CCC(c3cc4ccc(OCC)c(F)c4s3)CC2)CC1. The Hall–Kier alpha value is -1.09. The fourth-order valence-corrected chi connectivity index (χ4v) is 7.03. The smallest absolute Gasteiger partial charge is 0.182 e. The largest absolute Gasteiger partial charge is 0.491 e. The number of thiophene rings is 1. The Morgan fingerprint density at radius 3 is 2.29 bits per heavy atom. The number of hydrogen-bond acceptors (Lipinski definition) is 2. The minimum Gasteiger partial charge on any atom is -0.491 e. The molecule has 0 unspecified atom stereocenters. The fraction of sp³-hybridized carbons (Fsp3) is 0.680. The van der Waals surface area contributed by atoms with E-state index in [9.17, 15) is 4.39 Å². The Morgan fingerprint density at radius 2 is 1.64 bits per heavy atom. The normalized spacial score (nSPS) is 28.5. The highest BCUT2D eigenvalue weighted by Crippen LogP contribution is 2.46. The van der Waals surface area contributed by atoms with Crippen LogP contribution < -0.4 is 4.74 Å². The molecule has 1 nitrogen and oxygen atoms in total. The molecule has 0 saturated heterocycles. The summed E-state index contributed by atoms with van der Waals surface area (Å²) in [6.07, 6.45) is 14.0. The average molecular weight is 403 g/mol. The highest BCUT2D eigenvalue weighted by atomic mass is 32.1. The molecule has 0 atom stereocenters. The van der Waals surface area contributed by atoms with Crippen molar-refractivity contribution in [2.24, 2.45) is 17.8 Å². The first kappa shape index (κ1) is 20.2. The molecule has 3 heteroatoms. The molecule has 28 heavy (non-hydrogen) atoms. The van der Waals surface area contributed by atoms with Crippen LogP contribution in [0.25, 0.3) is 10.1 Å². The molecular weight excluding hydrogens is 367 g/mol. The van der Waals surface area contributed by atoms with Gasteiger partial charge in [-0.2, -0.15) is 0 Å². The predicted molar refractivity (Wildman–Crippen MR) is 118 cm³/mol. The van der Waals surface area contributed by atoms with Gasteiger partial charge >= 0.3 is 0 Å². The lowest BCUT2D eigenvalue weighted by atomic mass is 9.68. The lowest BCUT2D eigenvalue weighted by molar-refractivity contribution is 0.157. The predicted octanol–water partition coefficient (Wildman–Crippen LogP) is 8.32. The zero-order chi connectivity index (χ0) is 19.5. The summed E-state index contributed by atoms with van der Waals surface area (Å²) < 4.78 is 20.9. The van der Waals surface area contributed by atoms with Gasteiger partial charge in [-0.25, -0.2) is 4.39 Å². The standard InChI is InChI=1S/C25H35FOS/c1-3-5-17-6-8-18(9-7-17)19-10-12-20(13-11-19)23-16-21-14-15-22(27-4-2)24(26)25(21)28-23/h14-20H,3-13H2,1-2H3.